The molecule has 0 saturated heterocycles. The lowest BCUT2D eigenvalue weighted by Crippen LogP contribution is -2.04. The van der Waals surface area contributed by atoms with Crippen molar-refractivity contribution in [3.8, 4) is 11.8 Å². The van der Waals surface area contributed by atoms with Crippen molar-refractivity contribution in [3.63, 3.8) is 0 Å². The molecule has 0 unspecified atom stereocenters. The van der Waals surface area contributed by atoms with Gasteiger partial charge >= 0.3 is 12.0 Å². The Morgan fingerprint density at radius 2 is 2.28 bits per heavy atom. The first-order chi connectivity index (χ1) is 8.60. The third kappa shape index (κ3) is 2.45. The zero-order valence-electron chi connectivity index (χ0n) is 9.99. The number of hydrogen-bond donors (Lipinski definition) is 1. The number of carboxylic acids is 1. The van der Waals surface area contributed by atoms with E-state index in [-0.39, 0.29) is 11.6 Å². The molecule has 0 bridgehead atoms. The maximum atomic E-state index is 10.8. The van der Waals surface area contributed by atoms with Gasteiger partial charge in [-0.25, -0.2) is 9.78 Å². The van der Waals surface area contributed by atoms with Gasteiger partial charge in [-0.3, -0.25) is 4.68 Å². The fraction of sp³-hybridized carbons (Fsp3) is 0.273. The summed E-state index contributed by atoms with van der Waals surface area (Å²) < 4.78 is 7.08. The Morgan fingerprint density at radius 1 is 1.50 bits per heavy atom. The minimum absolute atomic E-state index is 0.0617. The molecular formula is C11H12N4O3. The molecule has 7 heteroatoms. The van der Waals surface area contributed by atoms with E-state index in [1.165, 1.54) is 6.20 Å². The SMILES string of the molecule is CCn1cc(Oc2ncc(C(=O)O)c(C)n2)cn1. The molecule has 2 heterocycles. The smallest absolute Gasteiger partial charge is 0.339 e. The second kappa shape index (κ2) is 4.82. The Morgan fingerprint density at radius 3 is 2.83 bits per heavy atom. The standard InChI is InChI=1S/C11H12N4O3/c1-3-15-6-8(4-13-15)18-11-12-5-9(10(16)17)7(2)14-11/h4-6H,3H2,1-2H3,(H,16,17). The van der Waals surface area contributed by atoms with Crippen LogP contribution in [0.2, 0.25) is 0 Å². The molecule has 0 amide bonds. The Kier molecular flexibility index (Phi) is 3.22. The predicted molar refractivity (Wildman–Crippen MR) is 61.7 cm³/mol. The van der Waals surface area contributed by atoms with Crippen LogP contribution in [0.5, 0.6) is 11.8 Å². The van der Waals surface area contributed by atoms with Crippen molar-refractivity contribution in [2.24, 2.45) is 0 Å². The van der Waals surface area contributed by atoms with Crippen molar-refractivity contribution in [1.82, 2.24) is 19.7 Å². The molecule has 0 aliphatic carbocycles. The molecule has 94 valence electrons. The lowest BCUT2D eigenvalue weighted by molar-refractivity contribution is 0.0695. The number of carbonyl (C=O) groups is 1. The molecule has 0 spiro atoms. The van der Waals surface area contributed by atoms with Crippen molar-refractivity contribution in [2.75, 3.05) is 0 Å². The summed E-state index contributed by atoms with van der Waals surface area (Å²) >= 11 is 0. The summed E-state index contributed by atoms with van der Waals surface area (Å²) in [5.41, 5.74) is 0.419. The Labute approximate surface area is 103 Å². The van der Waals surface area contributed by atoms with E-state index in [1.54, 1.807) is 24.0 Å². The van der Waals surface area contributed by atoms with Crippen molar-refractivity contribution in [1.29, 1.82) is 0 Å². The average molecular weight is 248 g/mol. The lowest BCUT2D eigenvalue weighted by atomic mass is 10.2. The van der Waals surface area contributed by atoms with Gasteiger partial charge in [-0.15, -0.1) is 0 Å². The molecule has 7 nitrogen and oxygen atoms in total. The molecule has 0 aromatic carbocycles. The van der Waals surface area contributed by atoms with Crippen LogP contribution in [0.15, 0.2) is 18.6 Å². The van der Waals surface area contributed by atoms with Crippen LogP contribution in [-0.2, 0) is 6.54 Å². The van der Waals surface area contributed by atoms with Gasteiger partial charge in [-0.05, 0) is 13.8 Å². The summed E-state index contributed by atoms with van der Waals surface area (Å²) in [5.74, 6) is -0.544. The number of aromatic nitrogens is 4. The largest absolute Gasteiger partial charge is 0.478 e. The quantitative estimate of drug-likeness (QED) is 0.881. The minimum atomic E-state index is -1.06. The molecular weight excluding hydrogens is 236 g/mol. The predicted octanol–water partition coefficient (Wildman–Crippen LogP) is 1.49. The summed E-state index contributed by atoms with van der Waals surface area (Å²) in [6.07, 6.45) is 4.49. The zero-order valence-corrected chi connectivity index (χ0v) is 9.99. The van der Waals surface area contributed by atoms with Crippen LogP contribution < -0.4 is 4.74 Å². The van der Waals surface area contributed by atoms with Crippen LogP contribution in [0.3, 0.4) is 0 Å². The highest BCUT2D eigenvalue weighted by Gasteiger charge is 2.11. The van der Waals surface area contributed by atoms with E-state index in [9.17, 15) is 4.79 Å². The first kappa shape index (κ1) is 12.0. The summed E-state index contributed by atoms with van der Waals surface area (Å²) in [4.78, 5) is 18.6. The van der Waals surface area contributed by atoms with Crippen molar-refractivity contribution < 1.29 is 14.6 Å². The lowest BCUT2D eigenvalue weighted by Gasteiger charge is -2.03. The monoisotopic (exact) mass is 248 g/mol. The molecule has 0 aliphatic rings. The van der Waals surface area contributed by atoms with Crippen LogP contribution in [0, 0.1) is 6.92 Å². The van der Waals surface area contributed by atoms with Crippen LogP contribution in [0.4, 0.5) is 0 Å². The summed E-state index contributed by atoms with van der Waals surface area (Å²) in [5, 5.41) is 12.9. The van der Waals surface area contributed by atoms with Gasteiger partial charge in [0.1, 0.15) is 0 Å². The van der Waals surface area contributed by atoms with Crippen LogP contribution in [0.25, 0.3) is 0 Å². The van der Waals surface area contributed by atoms with E-state index >= 15 is 0 Å². The Hall–Kier alpha value is -2.44. The van der Waals surface area contributed by atoms with Gasteiger partial charge in [0.2, 0.25) is 0 Å². The molecule has 2 aromatic heterocycles. The van der Waals surface area contributed by atoms with Gasteiger partial charge in [0.25, 0.3) is 0 Å². The van der Waals surface area contributed by atoms with Gasteiger partial charge in [-0.1, -0.05) is 0 Å². The zero-order chi connectivity index (χ0) is 13.1. The van der Waals surface area contributed by atoms with Gasteiger partial charge in [-0.2, -0.15) is 10.1 Å². The van der Waals surface area contributed by atoms with Gasteiger partial charge in [0.05, 0.1) is 23.7 Å². The van der Waals surface area contributed by atoms with Crippen LogP contribution in [-0.4, -0.2) is 30.8 Å². The van der Waals surface area contributed by atoms with E-state index in [0.717, 1.165) is 6.54 Å². The molecule has 0 radical (unpaired) electrons. The number of rotatable bonds is 4. The van der Waals surface area contributed by atoms with Crippen LogP contribution in [0.1, 0.15) is 23.0 Å². The van der Waals surface area contributed by atoms with Gasteiger partial charge < -0.3 is 9.84 Å². The summed E-state index contributed by atoms with van der Waals surface area (Å²) in [6, 6.07) is 0.105. The molecule has 0 saturated carbocycles. The van der Waals surface area contributed by atoms with E-state index in [2.05, 4.69) is 15.1 Å². The van der Waals surface area contributed by atoms with E-state index in [0.29, 0.717) is 11.4 Å². The number of hydrogen-bond acceptors (Lipinski definition) is 5. The molecule has 0 aliphatic heterocycles. The Bertz CT molecular complexity index is 579. The highest BCUT2D eigenvalue weighted by atomic mass is 16.5. The highest BCUT2D eigenvalue weighted by molar-refractivity contribution is 5.88. The third-order valence-electron chi connectivity index (χ3n) is 2.33. The molecule has 0 fully saturated rings. The summed E-state index contributed by atoms with van der Waals surface area (Å²) in [6.45, 7) is 4.29. The average Bonchev–Trinajstić information content (AvgIpc) is 2.76. The topological polar surface area (TPSA) is 90.1 Å². The molecule has 18 heavy (non-hydrogen) atoms. The third-order valence-corrected chi connectivity index (χ3v) is 2.33. The number of carboxylic acid groups (broad SMARTS) is 1. The second-order valence-electron chi connectivity index (χ2n) is 3.59. The number of aromatic carboxylic acids is 1. The first-order valence-electron chi connectivity index (χ1n) is 5.37. The number of ether oxygens (including phenoxy) is 1. The molecule has 0 atom stereocenters. The first-order valence-corrected chi connectivity index (χ1v) is 5.37. The van der Waals surface area contributed by atoms with E-state index in [1.807, 2.05) is 6.92 Å². The van der Waals surface area contributed by atoms with E-state index < -0.39 is 5.97 Å². The maximum absolute atomic E-state index is 10.8. The normalized spacial score (nSPS) is 10.3. The molecule has 2 aromatic rings. The molecule has 2 rings (SSSR count). The van der Waals surface area contributed by atoms with Crippen molar-refractivity contribution in [2.45, 2.75) is 20.4 Å². The highest BCUT2D eigenvalue weighted by Crippen LogP contribution is 2.17. The van der Waals surface area contributed by atoms with Crippen LogP contribution >= 0.6 is 0 Å². The summed E-state index contributed by atoms with van der Waals surface area (Å²) in [7, 11) is 0. The fourth-order valence-corrected chi connectivity index (χ4v) is 1.38. The van der Waals surface area contributed by atoms with E-state index in [4.69, 9.17) is 9.84 Å². The Balaban J connectivity index is 2.19. The maximum Gasteiger partial charge on any atom is 0.339 e. The van der Waals surface area contributed by atoms with Crippen molar-refractivity contribution in [3.05, 3.63) is 29.8 Å². The fourth-order valence-electron chi connectivity index (χ4n) is 1.38. The minimum Gasteiger partial charge on any atom is -0.478 e. The second-order valence-corrected chi connectivity index (χ2v) is 3.59. The van der Waals surface area contributed by atoms with Crippen molar-refractivity contribution >= 4 is 5.97 Å². The van der Waals surface area contributed by atoms with Gasteiger partial charge in [0, 0.05) is 12.7 Å². The number of nitrogens with zero attached hydrogens (tertiary/aromatic N) is 4. The molecule has 1 N–H and O–H groups in total. The number of aryl methyl sites for hydroxylation is 2. The van der Waals surface area contributed by atoms with Gasteiger partial charge in [0.15, 0.2) is 5.75 Å².